The van der Waals surface area contributed by atoms with E-state index in [0.29, 0.717) is 6.10 Å². The molecule has 2 aliphatic carbocycles. The lowest BCUT2D eigenvalue weighted by atomic mass is 9.89. The Kier molecular flexibility index (Phi) is 7.09. The number of likely N-dealkylation sites (N-methyl/N-ethyl adjacent to an activating group) is 1. The van der Waals surface area contributed by atoms with Crippen LogP contribution in [0.4, 0.5) is 0 Å². The molecule has 0 bridgehead atoms. The Morgan fingerprint density at radius 2 is 1.70 bits per heavy atom. The van der Waals surface area contributed by atoms with Crippen LogP contribution in [0.1, 0.15) is 64.7 Å². The summed E-state index contributed by atoms with van der Waals surface area (Å²) in [6, 6.07) is 0.780. The molecular formula is C18H33NO. The summed E-state index contributed by atoms with van der Waals surface area (Å²) in [7, 11) is 1.86. The quantitative estimate of drug-likeness (QED) is 0.668. The van der Waals surface area contributed by atoms with Crippen molar-refractivity contribution in [2.24, 2.45) is 5.92 Å². The van der Waals surface area contributed by atoms with Crippen molar-refractivity contribution in [1.29, 1.82) is 0 Å². The van der Waals surface area contributed by atoms with Gasteiger partial charge in [0, 0.05) is 19.7 Å². The summed E-state index contributed by atoms with van der Waals surface area (Å²) in [5.74, 6) is 0.867. The van der Waals surface area contributed by atoms with Gasteiger partial charge < -0.3 is 4.74 Å². The third-order valence-corrected chi connectivity index (χ3v) is 5.30. The fraction of sp³-hybridized carbons (Fsp3) is 0.889. The first-order valence-corrected chi connectivity index (χ1v) is 8.77. The van der Waals surface area contributed by atoms with Gasteiger partial charge in [0.05, 0.1) is 6.10 Å². The zero-order chi connectivity index (χ0) is 14.2. The fourth-order valence-electron chi connectivity index (χ4n) is 3.90. The molecule has 2 heteroatoms. The maximum absolute atomic E-state index is 5.48. The molecule has 0 aromatic carbocycles. The van der Waals surface area contributed by atoms with E-state index in [0.717, 1.165) is 18.5 Å². The van der Waals surface area contributed by atoms with Crippen LogP contribution in [0.2, 0.25) is 0 Å². The maximum atomic E-state index is 5.48. The lowest BCUT2D eigenvalue weighted by Gasteiger charge is -2.35. The first-order chi connectivity index (χ1) is 9.83. The second-order valence-corrected chi connectivity index (χ2v) is 6.58. The minimum atomic E-state index is 0.516. The van der Waals surface area contributed by atoms with Gasteiger partial charge in [0.25, 0.3) is 0 Å². The molecule has 0 saturated heterocycles. The van der Waals surface area contributed by atoms with Gasteiger partial charge in [-0.05, 0) is 51.0 Å². The first-order valence-electron chi connectivity index (χ1n) is 8.77. The van der Waals surface area contributed by atoms with Crippen LogP contribution < -0.4 is 0 Å². The van der Waals surface area contributed by atoms with Crippen molar-refractivity contribution in [3.05, 3.63) is 12.2 Å². The smallest absolute Gasteiger partial charge is 0.0572 e. The van der Waals surface area contributed by atoms with Crippen LogP contribution in [0.5, 0.6) is 0 Å². The van der Waals surface area contributed by atoms with Crippen LogP contribution in [-0.2, 0) is 4.74 Å². The van der Waals surface area contributed by atoms with E-state index >= 15 is 0 Å². The van der Waals surface area contributed by atoms with Gasteiger partial charge in [-0.25, -0.2) is 0 Å². The number of methoxy groups -OCH3 is 1. The van der Waals surface area contributed by atoms with E-state index in [1.54, 1.807) is 0 Å². The highest BCUT2D eigenvalue weighted by atomic mass is 16.5. The highest BCUT2D eigenvalue weighted by Crippen LogP contribution is 2.26. The number of rotatable bonds is 6. The van der Waals surface area contributed by atoms with E-state index in [4.69, 9.17) is 4.74 Å². The highest BCUT2D eigenvalue weighted by Gasteiger charge is 2.24. The summed E-state index contributed by atoms with van der Waals surface area (Å²) < 4.78 is 5.48. The third-order valence-electron chi connectivity index (χ3n) is 5.30. The van der Waals surface area contributed by atoms with Crippen molar-refractivity contribution in [3.63, 3.8) is 0 Å². The lowest BCUT2D eigenvalue weighted by Crippen LogP contribution is -2.39. The van der Waals surface area contributed by atoms with E-state index in [-0.39, 0.29) is 0 Å². The number of ether oxygens (including phenoxy) is 1. The predicted octanol–water partition coefficient (Wildman–Crippen LogP) is 4.40. The minimum absolute atomic E-state index is 0.516. The molecule has 0 atom stereocenters. The number of hydrogen-bond acceptors (Lipinski definition) is 2. The zero-order valence-corrected chi connectivity index (χ0v) is 13.5. The van der Waals surface area contributed by atoms with Crippen molar-refractivity contribution < 1.29 is 4.74 Å². The van der Waals surface area contributed by atoms with E-state index in [9.17, 15) is 0 Å². The van der Waals surface area contributed by atoms with E-state index in [2.05, 4.69) is 24.0 Å². The van der Waals surface area contributed by atoms with Gasteiger partial charge >= 0.3 is 0 Å². The predicted molar refractivity (Wildman–Crippen MR) is 86.0 cm³/mol. The summed E-state index contributed by atoms with van der Waals surface area (Å²) in [4.78, 5) is 2.66. The van der Waals surface area contributed by atoms with Crippen molar-refractivity contribution in [2.45, 2.75) is 76.9 Å². The van der Waals surface area contributed by atoms with Gasteiger partial charge in [0.15, 0.2) is 0 Å². The SMILES string of the molecule is CCN(C/C=C/C1CCCCC1)C1CCC(OC)CC1. The molecule has 0 aromatic heterocycles. The highest BCUT2D eigenvalue weighted by molar-refractivity contribution is 4.93. The summed E-state index contributed by atoms with van der Waals surface area (Å²) in [6.07, 6.45) is 17.7. The summed E-state index contributed by atoms with van der Waals surface area (Å²) in [5.41, 5.74) is 0. The van der Waals surface area contributed by atoms with Gasteiger partial charge in [-0.2, -0.15) is 0 Å². The average Bonchev–Trinajstić information content (AvgIpc) is 2.53. The average molecular weight is 279 g/mol. The topological polar surface area (TPSA) is 12.5 Å². The molecule has 2 rings (SSSR count). The Bertz CT molecular complexity index is 275. The van der Waals surface area contributed by atoms with Gasteiger partial charge in [-0.15, -0.1) is 0 Å². The molecule has 0 unspecified atom stereocenters. The second-order valence-electron chi connectivity index (χ2n) is 6.58. The monoisotopic (exact) mass is 279 g/mol. The molecule has 20 heavy (non-hydrogen) atoms. The number of nitrogens with zero attached hydrogens (tertiary/aromatic N) is 1. The van der Waals surface area contributed by atoms with Crippen molar-refractivity contribution >= 4 is 0 Å². The molecule has 0 aliphatic heterocycles. The molecule has 116 valence electrons. The Morgan fingerprint density at radius 1 is 1.00 bits per heavy atom. The Morgan fingerprint density at radius 3 is 2.30 bits per heavy atom. The standard InChI is InChI=1S/C18H33NO/c1-3-19(17-11-13-18(20-2)14-12-17)15-7-10-16-8-5-4-6-9-16/h7,10,16-18H,3-6,8-9,11-15H2,1-2H3/b10-7+. The summed E-state index contributed by atoms with van der Waals surface area (Å²) >= 11 is 0. The molecular weight excluding hydrogens is 246 g/mol. The van der Waals surface area contributed by atoms with Crippen LogP contribution in [0.25, 0.3) is 0 Å². The zero-order valence-electron chi connectivity index (χ0n) is 13.5. The van der Waals surface area contributed by atoms with E-state index in [1.807, 2.05) is 7.11 Å². The van der Waals surface area contributed by atoms with Gasteiger partial charge in [0.2, 0.25) is 0 Å². The molecule has 2 saturated carbocycles. The molecule has 0 amide bonds. The molecule has 0 N–H and O–H groups in total. The van der Waals surface area contributed by atoms with Crippen molar-refractivity contribution in [3.8, 4) is 0 Å². The lowest BCUT2D eigenvalue weighted by molar-refractivity contribution is 0.0421. The van der Waals surface area contributed by atoms with Crippen LogP contribution in [0.3, 0.4) is 0 Å². The fourth-order valence-corrected chi connectivity index (χ4v) is 3.90. The van der Waals surface area contributed by atoms with Crippen LogP contribution >= 0.6 is 0 Å². The number of allylic oxidation sites excluding steroid dienone is 1. The van der Waals surface area contributed by atoms with Gasteiger partial charge in [0.1, 0.15) is 0 Å². The van der Waals surface area contributed by atoms with Crippen LogP contribution in [-0.4, -0.2) is 37.2 Å². The van der Waals surface area contributed by atoms with Crippen LogP contribution in [0, 0.1) is 5.92 Å². The molecule has 2 fully saturated rings. The van der Waals surface area contributed by atoms with Crippen molar-refractivity contribution in [1.82, 2.24) is 4.90 Å². The van der Waals surface area contributed by atoms with Gasteiger partial charge in [-0.1, -0.05) is 38.3 Å². The van der Waals surface area contributed by atoms with Gasteiger partial charge in [-0.3, -0.25) is 4.90 Å². The second kappa shape index (κ2) is 8.84. The van der Waals surface area contributed by atoms with Crippen LogP contribution in [0.15, 0.2) is 12.2 Å². The first kappa shape index (κ1) is 16.0. The van der Waals surface area contributed by atoms with E-state index < -0.39 is 0 Å². The maximum Gasteiger partial charge on any atom is 0.0572 e. The minimum Gasteiger partial charge on any atom is -0.381 e. The molecule has 2 aliphatic rings. The number of hydrogen-bond donors (Lipinski definition) is 0. The molecule has 0 heterocycles. The molecule has 0 aromatic rings. The third kappa shape index (κ3) is 4.89. The molecule has 0 radical (unpaired) electrons. The summed E-state index contributed by atoms with van der Waals surface area (Å²) in [5, 5.41) is 0. The molecule has 0 spiro atoms. The van der Waals surface area contributed by atoms with Crippen molar-refractivity contribution in [2.75, 3.05) is 20.2 Å². The Balaban J connectivity index is 1.73. The van der Waals surface area contributed by atoms with E-state index in [1.165, 1.54) is 64.3 Å². The largest absolute Gasteiger partial charge is 0.381 e. The normalized spacial score (nSPS) is 29.4. The Hall–Kier alpha value is -0.340. The summed E-state index contributed by atoms with van der Waals surface area (Å²) in [6.45, 7) is 4.63. The molecule has 2 nitrogen and oxygen atoms in total. The Labute approximate surface area is 125 Å².